The minimum absolute atomic E-state index is 0.287. The van der Waals surface area contributed by atoms with Gasteiger partial charge in [0.2, 0.25) is 0 Å². The van der Waals surface area contributed by atoms with Gasteiger partial charge in [-0.05, 0) is 48.9 Å². The Morgan fingerprint density at radius 1 is 1.40 bits per heavy atom. The van der Waals surface area contributed by atoms with Gasteiger partial charge < -0.3 is 0 Å². The Labute approximate surface area is 120 Å². The summed E-state index contributed by atoms with van der Waals surface area (Å²) in [4.78, 5) is 17.0. The largest absolute Gasteiger partial charge is 0.294 e. The Kier molecular flexibility index (Phi) is 4.74. The van der Waals surface area contributed by atoms with E-state index < -0.39 is 0 Å². The second kappa shape index (κ2) is 6.53. The van der Waals surface area contributed by atoms with E-state index in [-0.39, 0.29) is 5.78 Å². The third-order valence-electron chi connectivity index (χ3n) is 3.71. The molecule has 0 aliphatic heterocycles. The molecule has 0 aromatic heterocycles. The number of rotatable bonds is 6. The van der Waals surface area contributed by atoms with Gasteiger partial charge in [-0.25, -0.2) is 0 Å². The van der Waals surface area contributed by atoms with Crippen molar-refractivity contribution in [2.45, 2.75) is 33.1 Å². The number of carbonyl (C=O) groups is 1. The summed E-state index contributed by atoms with van der Waals surface area (Å²) in [6.45, 7) is 8.20. The Balaban J connectivity index is 2.11. The van der Waals surface area contributed by atoms with E-state index in [1.54, 1.807) is 12.3 Å². The molecule has 0 atom stereocenters. The summed E-state index contributed by atoms with van der Waals surface area (Å²) in [5, 5.41) is 0. The molecule has 3 heteroatoms. The van der Waals surface area contributed by atoms with Gasteiger partial charge in [0, 0.05) is 18.2 Å². The highest BCUT2D eigenvalue weighted by Gasteiger charge is 2.23. The van der Waals surface area contributed by atoms with Crippen molar-refractivity contribution in [1.29, 1.82) is 0 Å². The molecule has 3 nitrogen and oxygen atoms in total. The zero-order chi connectivity index (χ0) is 14.5. The van der Waals surface area contributed by atoms with Gasteiger partial charge in [0.25, 0.3) is 0 Å². The molecule has 0 saturated carbocycles. The summed E-state index contributed by atoms with van der Waals surface area (Å²) < 4.78 is 0. The molecule has 1 aliphatic carbocycles. The number of aryl methyl sites for hydroxylation is 2. The zero-order valence-corrected chi connectivity index (χ0v) is 12.2. The van der Waals surface area contributed by atoms with Crippen LogP contribution in [0, 0.1) is 13.8 Å². The van der Waals surface area contributed by atoms with Crippen molar-refractivity contribution in [3.05, 3.63) is 58.8 Å². The van der Waals surface area contributed by atoms with Gasteiger partial charge in [0.05, 0.1) is 6.61 Å². The molecule has 1 aliphatic rings. The lowest BCUT2D eigenvalue weighted by molar-refractivity contribution is 0.0955. The van der Waals surface area contributed by atoms with E-state index in [1.807, 2.05) is 6.08 Å². The number of benzene rings is 1. The van der Waals surface area contributed by atoms with Crippen molar-refractivity contribution in [3.8, 4) is 0 Å². The number of carbonyl (C=O) groups excluding carboxylic acids is 1. The lowest BCUT2D eigenvalue weighted by Gasteiger charge is -2.12. The van der Waals surface area contributed by atoms with E-state index in [4.69, 9.17) is 4.84 Å². The smallest absolute Gasteiger partial charge is 0.163 e. The quantitative estimate of drug-likeness (QED) is 0.490. The van der Waals surface area contributed by atoms with E-state index in [9.17, 15) is 4.79 Å². The van der Waals surface area contributed by atoms with Gasteiger partial charge >= 0.3 is 0 Å². The van der Waals surface area contributed by atoms with Crippen LogP contribution in [0.1, 0.15) is 39.0 Å². The Bertz CT molecular complexity index is 559. The molecule has 1 aromatic carbocycles. The number of hydrogen-bond acceptors (Lipinski definition) is 3. The lowest BCUT2D eigenvalue weighted by atomic mass is 9.92. The predicted molar refractivity (Wildman–Crippen MR) is 80.7 cm³/mol. The molecule has 2 rings (SSSR count). The normalized spacial score (nSPS) is 13.8. The topological polar surface area (TPSA) is 38.3 Å². The van der Waals surface area contributed by atoms with E-state index in [1.165, 1.54) is 16.7 Å². The number of nitrogens with one attached hydrogen (secondary N) is 1. The maximum absolute atomic E-state index is 11.9. The maximum Gasteiger partial charge on any atom is 0.163 e. The minimum Gasteiger partial charge on any atom is -0.294 e. The van der Waals surface area contributed by atoms with Crippen LogP contribution in [0.15, 0.2) is 31.0 Å². The van der Waals surface area contributed by atoms with Crippen molar-refractivity contribution in [1.82, 2.24) is 5.48 Å². The Morgan fingerprint density at radius 2 is 2.20 bits per heavy atom. The third-order valence-corrected chi connectivity index (χ3v) is 3.71. The first-order valence-corrected chi connectivity index (χ1v) is 6.93. The van der Waals surface area contributed by atoms with Gasteiger partial charge in [-0.15, -0.1) is 6.58 Å². The van der Waals surface area contributed by atoms with Crippen LogP contribution in [0.2, 0.25) is 0 Å². The molecule has 106 valence electrons. The van der Waals surface area contributed by atoms with E-state index in [2.05, 4.69) is 32.0 Å². The van der Waals surface area contributed by atoms with Gasteiger partial charge in [-0.3, -0.25) is 15.1 Å². The summed E-state index contributed by atoms with van der Waals surface area (Å²) in [5.74, 6) is 0.287. The highest BCUT2D eigenvalue weighted by molar-refractivity contribution is 6.02. The average Bonchev–Trinajstić information content (AvgIpc) is 2.78. The summed E-state index contributed by atoms with van der Waals surface area (Å²) in [7, 11) is 0. The number of allylic oxidation sites excluding steroid dienone is 1. The molecule has 0 spiro atoms. The van der Waals surface area contributed by atoms with Crippen LogP contribution in [0.5, 0.6) is 0 Å². The van der Waals surface area contributed by atoms with Crippen molar-refractivity contribution >= 4 is 5.78 Å². The molecule has 0 fully saturated rings. The molecule has 1 aromatic rings. The lowest BCUT2D eigenvalue weighted by Crippen LogP contribution is -2.06. The first kappa shape index (κ1) is 14.5. The molecule has 0 radical (unpaired) electrons. The Morgan fingerprint density at radius 3 is 2.95 bits per heavy atom. The zero-order valence-electron chi connectivity index (χ0n) is 12.2. The molecular weight excluding hydrogens is 250 g/mol. The molecule has 0 saturated heterocycles. The molecule has 20 heavy (non-hydrogen) atoms. The van der Waals surface area contributed by atoms with Gasteiger partial charge in [-0.2, -0.15) is 0 Å². The molecule has 0 heterocycles. The second-order valence-corrected chi connectivity index (χ2v) is 5.08. The van der Waals surface area contributed by atoms with Crippen LogP contribution in [0.3, 0.4) is 0 Å². The molecule has 0 amide bonds. The predicted octanol–water partition coefficient (Wildman–Crippen LogP) is 3.20. The molecule has 0 bridgehead atoms. The first-order valence-electron chi connectivity index (χ1n) is 6.93. The number of hydroxylamine groups is 1. The van der Waals surface area contributed by atoms with Gasteiger partial charge in [0.15, 0.2) is 5.78 Å². The second-order valence-electron chi connectivity index (χ2n) is 5.08. The fraction of sp³-hybridized carbons (Fsp3) is 0.353. The fourth-order valence-corrected chi connectivity index (χ4v) is 2.76. The monoisotopic (exact) mass is 271 g/mol. The van der Waals surface area contributed by atoms with Crippen LogP contribution in [0.4, 0.5) is 0 Å². The minimum atomic E-state index is 0.287. The first-order chi connectivity index (χ1) is 9.65. The van der Waals surface area contributed by atoms with Crippen LogP contribution in [-0.4, -0.2) is 12.4 Å². The van der Waals surface area contributed by atoms with Crippen molar-refractivity contribution in [3.63, 3.8) is 0 Å². The van der Waals surface area contributed by atoms with Crippen molar-refractivity contribution in [2.24, 2.45) is 0 Å². The van der Waals surface area contributed by atoms with Crippen LogP contribution in [-0.2, 0) is 17.7 Å². The highest BCUT2D eigenvalue weighted by Crippen LogP contribution is 2.30. The highest BCUT2D eigenvalue weighted by atomic mass is 16.6. The van der Waals surface area contributed by atoms with Gasteiger partial charge in [-0.1, -0.05) is 18.2 Å². The fourth-order valence-electron chi connectivity index (χ4n) is 2.76. The number of fused-ring (bicyclic) bond motifs is 1. The number of Topliss-reactive ketones (excluding diaryl/α,β-unsaturated/α-hetero) is 1. The average molecular weight is 271 g/mol. The third kappa shape index (κ3) is 2.99. The maximum atomic E-state index is 11.9. The van der Waals surface area contributed by atoms with Crippen molar-refractivity contribution < 1.29 is 9.63 Å². The van der Waals surface area contributed by atoms with Crippen LogP contribution in [0.25, 0.3) is 0 Å². The van der Waals surface area contributed by atoms with Crippen LogP contribution < -0.4 is 5.48 Å². The summed E-state index contributed by atoms with van der Waals surface area (Å²) >= 11 is 0. The number of hydrogen-bond donors (Lipinski definition) is 1. The van der Waals surface area contributed by atoms with Crippen LogP contribution >= 0.6 is 0 Å². The summed E-state index contributed by atoms with van der Waals surface area (Å²) in [6.07, 6.45) is 7.81. The SMILES string of the molecule is C=CCON/C=C/Cc1c(C)cc2c(c1C)C(=O)CC2. The van der Waals surface area contributed by atoms with Crippen molar-refractivity contribution in [2.75, 3.05) is 6.61 Å². The van der Waals surface area contributed by atoms with E-state index >= 15 is 0 Å². The summed E-state index contributed by atoms with van der Waals surface area (Å²) in [5.41, 5.74) is 8.54. The van der Waals surface area contributed by atoms with E-state index in [0.29, 0.717) is 13.0 Å². The summed E-state index contributed by atoms with van der Waals surface area (Å²) in [6, 6.07) is 2.16. The number of ketones is 1. The Hall–Kier alpha value is -1.87. The standard InChI is InChI=1S/C17H21NO2/c1-4-10-20-18-9-5-6-15-12(2)11-14-7-8-16(19)17(14)13(15)3/h4-5,9,11,18H,1,6-8,10H2,2-3H3/b9-5+. The van der Waals surface area contributed by atoms with Gasteiger partial charge in [0.1, 0.15) is 0 Å². The molecule has 0 unspecified atom stereocenters. The van der Waals surface area contributed by atoms with E-state index in [0.717, 1.165) is 24.0 Å². The molecule has 1 N–H and O–H groups in total. The molecular formula is C17H21NO2.